The van der Waals surface area contributed by atoms with Gasteiger partial charge in [0.2, 0.25) is 10.0 Å². The number of nitro benzene ring substituents is 1. The number of rotatable bonds is 6. The predicted octanol–water partition coefficient (Wildman–Crippen LogP) is -0.384. The highest BCUT2D eigenvalue weighted by Crippen LogP contribution is 2.17. The Balaban J connectivity index is 2.95. The summed E-state index contributed by atoms with van der Waals surface area (Å²) in [5.41, 5.74) is -1.95. The van der Waals surface area contributed by atoms with Crippen LogP contribution in [0, 0.1) is 10.1 Å². The fraction of sp³-hybridized carbons (Fsp3) is 0.400. The van der Waals surface area contributed by atoms with E-state index in [0.29, 0.717) is 0 Å². The third-order valence-corrected chi connectivity index (χ3v) is 3.72. The lowest BCUT2D eigenvalue weighted by Crippen LogP contribution is -2.43. The minimum atomic E-state index is -3.99. The number of sulfonamides is 1. The number of aliphatic hydroxyl groups is 2. The average molecular weight is 290 g/mol. The molecule has 19 heavy (non-hydrogen) atoms. The minimum Gasteiger partial charge on any atom is -0.393 e. The van der Waals surface area contributed by atoms with Crippen molar-refractivity contribution in [3.8, 4) is 0 Å². The van der Waals surface area contributed by atoms with Crippen molar-refractivity contribution < 1.29 is 23.6 Å². The van der Waals surface area contributed by atoms with Crippen molar-refractivity contribution >= 4 is 15.7 Å². The smallest absolute Gasteiger partial charge is 0.270 e. The zero-order chi connectivity index (χ0) is 14.7. The second-order valence-electron chi connectivity index (χ2n) is 4.23. The molecular weight excluding hydrogens is 276 g/mol. The molecule has 0 bridgehead atoms. The van der Waals surface area contributed by atoms with Gasteiger partial charge in [-0.05, 0) is 13.0 Å². The van der Waals surface area contributed by atoms with Gasteiger partial charge in [0, 0.05) is 18.7 Å². The summed E-state index contributed by atoms with van der Waals surface area (Å²) < 4.78 is 25.8. The lowest BCUT2D eigenvalue weighted by molar-refractivity contribution is -0.385. The molecule has 1 aromatic carbocycles. The zero-order valence-corrected chi connectivity index (χ0v) is 10.9. The molecule has 0 fully saturated rings. The quantitative estimate of drug-likeness (QED) is 0.483. The zero-order valence-electron chi connectivity index (χ0n) is 10.1. The van der Waals surface area contributed by atoms with Crippen molar-refractivity contribution in [2.24, 2.45) is 0 Å². The molecule has 1 aromatic rings. The molecule has 8 nitrogen and oxygen atoms in total. The van der Waals surface area contributed by atoms with E-state index in [1.54, 1.807) is 0 Å². The summed E-state index contributed by atoms with van der Waals surface area (Å²) in [5, 5.41) is 28.9. The maximum atomic E-state index is 11.8. The van der Waals surface area contributed by atoms with Crippen LogP contribution in [0.3, 0.4) is 0 Å². The van der Waals surface area contributed by atoms with Crippen LogP contribution in [0.1, 0.15) is 6.92 Å². The third kappa shape index (κ3) is 4.24. The van der Waals surface area contributed by atoms with E-state index >= 15 is 0 Å². The van der Waals surface area contributed by atoms with Gasteiger partial charge in [-0.2, -0.15) is 0 Å². The lowest BCUT2D eigenvalue weighted by atomic mass is 10.1. The fourth-order valence-corrected chi connectivity index (χ4v) is 2.36. The number of benzene rings is 1. The average Bonchev–Trinajstić information content (AvgIpc) is 2.37. The van der Waals surface area contributed by atoms with E-state index in [0.717, 1.165) is 6.07 Å². The predicted molar refractivity (Wildman–Crippen MR) is 66.0 cm³/mol. The SMILES string of the molecule is CC(O)(CO)CNS(=O)(=O)c1cccc([N+](=O)[O-])c1. The number of nitrogens with one attached hydrogen (secondary N) is 1. The van der Waals surface area contributed by atoms with Crippen LogP contribution in [0.5, 0.6) is 0 Å². The van der Waals surface area contributed by atoms with Crippen molar-refractivity contribution in [1.29, 1.82) is 0 Å². The van der Waals surface area contributed by atoms with Crippen LogP contribution in [-0.2, 0) is 10.0 Å². The summed E-state index contributed by atoms with van der Waals surface area (Å²) in [4.78, 5) is 9.57. The summed E-state index contributed by atoms with van der Waals surface area (Å²) in [7, 11) is -3.99. The molecule has 1 rings (SSSR count). The van der Waals surface area contributed by atoms with Gasteiger partial charge >= 0.3 is 0 Å². The Labute approximate surface area is 109 Å². The fourth-order valence-electron chi connectivity index (χ4n) is 1.15. The van der Waals surface area contributed by atoms with E-state index < -0.39 is 33.7 Å². The van der Waals surface area contributed by atoms with Crippen LogP contribution in [0.2, 0.25) is 0 Å². The molecule has 1 atom stereocenters. The van der Waals surface area contributed by atoms with E-state index in [4.69, 9.17) is 5.11 Å². The molecule has 0 radical (unpaired) electrons. The van der Waals surface area contributed by atoms with Gasteiger partial charge in [-0.25, -0.2) is 13.1 Å². The topological polar surface area (TPSA) is 130 Å². The highest BCUT2D eigenvalue weighted by atomic mass is 32.2. The summed E-state index contributed by atoms with van der Waals surface area (Å²) in [6.45, 7) is 0.224. The van der Waals surface area contributed by atoms with Gasteiger partial charge in [-0.15, -0.1) is 0 Å². The first-order valence-corrected chi connectivity index (χ1v) is 6.74. The molecule has 9 heteroatoms. The largest absolute Gasteiger partial charge is 0.393 e. The van der Waals surface area contributed by atoms with E-state index in [1.807, 2.05) is 0 Å². The Kier molecular flexibility index (Phi) is 4.58. The summed E-state index contributed by atoms with van der Waals surface area (Å²) in [5.74, 6) is 0. The molecule has 0 aliphatic rings. The number of non-ortho nitro benzene ring substituents is 1. The highest BCUT2D eigenvalue weighted by Gasteiger charge is 2.24. The maximum Gasteiger partial charge on any atom is 0.270 e. The molecular formula is C10H14N2O6S. The number of aliphatic hydroxyl groups excluding tert-OH is 1. The molecule has 1 unspecified atom stereocenters. The van der Waals surface area contributed by atoms with Crippen molar-refractivity contribution in [2.75, 3.05) is 13.2 Å². The molecule has 0 saturated heterocycles. The number of hydrogen-bond acceptors (Lipinski definition) is 6. The van der Waals surface area contributed by atoms with Gasteiger partial charge in [-0.1, -0.05) is 6.07 Å². The second-order valence-corrected chi connectivity index (χ2v) is 6.00. The van der Waals surface area contributed by atoms with Gasteiger partial charge in [0.1, 0.15) is 0 Å². The van der Waals surface area contributed by atoms with Crippen LogP contribution in [0.15, 0.2) is 29.2 Å². The van der Waals surface area contributed by atoms with Gasteiger partial charge in [0.15, 0.2) is 0 Å². The van der Waals surface area contributed by atoms with Crippen molar-refractivity contribution in [3.63, 3.8) is 0 Å². The third-order valence-electron chi connectivity index (χ3n) is 2.32. The Hall–Kier alpha value is -1.55. The molecule has 3 N–H and O–H groups in total. The summed E-state index contributed by atoms with van der Waals surface area (Å²) >= 11 is 0. The molecule has 0 amide bonds. The van der Waals surface area contributed by atoms with E-state index in [-0.39, 0.29) is 10.6 Å². The van der Waals surface area contributed by atoms with Crippen molar-refractivity contribution in [1.82, 2.24) is 4.72 Å². The standard InChI is InChI=1S/C10H14N2O6S/c1-10(14,7-13)6-11-19(17,18)9-4-2-3-8(5-9)12(15)16/h2-5,11,13-14H,6-7H2,1H3. The van der Waals surface area contributed by atoms with E-state index in [1.165, 1.54) is 25.1 Å². The first-order valence-electron chi connectivity index (χ1n) is 5.25. The van der Waals surface area contributed by atoms with Crippen LogP contribution in [0.4, 0.5) is 5.69 Å². The van der Waals surface area contributed by atoms with E-state index in [9.17, 15) is 23.6 Å². The van der Waals surface area contributed by atoms with Crippen molar-refractivity contribution in [3.05, 3.63) is 34.4 Å². The molecule has 0 aliphatic carbocycles. The van der Waals surface area contributed by atoms with Gasteiger partial charge in [-0.3, -0.25) is 10.1 Å². The molecule has 0 aromatic heterocycles. The normalized spacial score (nSPS) is 14.9. The number of nitro groups is 1. The Morgan fingerprint density at radius 3 is 2.63 bits per heavy atom. The molecule has 0 aliphatic heterocycles. The van der Waals surface area contributed by atoms with E-state index in [2.05, 4.69) is 4.72 Å². The van der Waals surface area contributed by atoms with Gasteiger partial charge in [0.25, 0.3) is 5.69 Å². The molecule has 0 heterocycles. The van der Waals surface area contributed by atoms with Crippen LogP contribution in [0.25, 0.3) is 0 Å². The highest BCUT2D eigenvalue weighted by molar-refractivity contribution is 7.89. The number of nitrogens with zero attached hydrogens (tertiary/aromatic N) is 1. The monoisotopic (exact) mass is 290 g/mol. The summed E-state index contributed by atoms with van der Waals surface area (Å²) in [6.07, 6.45) is 0. The number of hydrogen-bond donors (Lipinski definition) is 3. The van der Waals surface area contributed by atoms with Crippen molar-refractivity contribution in [2.45, 2.75) is 17.4 Å². The Bertz CT molecular complexity index is 569. The maximum absolute atomic E-state index is 11.8. The lowest BCUT2D eigenvalue weighted by Gasteiger charge is -2.20. The molecule has 106 valence electrons. The second kappa shape index (κ2) is 5.61. The van der Waals surface area contributed by atoms with Crippen LogP contribution in [-0.4, -0.2) is 42.3 Å². The Morgan fingerprint density at radius 1 is 1.47 bits per heavy atom. The Morgan fingerprint density at radius 2 is 2.11 bits per heavy atom. The first-order chi connectivity index (χ1) is 8.68. The molecule has 0 saturated carbocycles. The minimum absolute atomic E-state index is 0.282. The molecule has 0 spiro atoms. The van der Waals surface area contributed by atoms with Crippen LogP contribution < -0.4 is 4.72 Å². The van der Waals surface area contributed by atoms with Crippen LogP contribution >= 0.6 is 0 Å². The van der Waals surface area contributed by atoms with Gasteiger partial charge < -0.3 is 10.2 Å². The first kappa shape index (κ1) is 15.5. The van der Waals surface area contributed by atoms with Gasteiger partial charge in [0.05, 0.1) is 22.0 Å². The summed E-state index contributed by atoms with van der Waals surface area (Å²) in [6, 6.07) is 4.53.